The zero-order valence-corrected chi connectivity index (χ0v) is 11.6. The van der Waals surface area contributed by atoms with Gasteiger partial charge in [0.15, 0.2) is 0 Å². The smallest absolute Gasteiger partial charge is 0.405 e. The van der Waals surface area contributed by atoms with E-state index in [1.54, 1.807) is 17.6 Å². The molecule has 1 N–H and O–H groups in total. The molecule has 0 saturated heterocycles. The second-order valence-electron chi connectivity index (χ2n) is 3.41. The Kier molecular flexibility index (Phi) is 4.25. The molecule has 0 bridgehead atoms. The Balaban J connectivity index is 2.02. The van der Waals surface area contributed by atoms with Crippen molar-refractivity contribution in [3.63, 3.8) is 0 Å². The quantitative estimate of drug-likeness (QED) is 0.907. The predicted octanol–water partition coefficient (Wildman–Crippen LogP) is 3.81. The summed E-state index contributed by atoms with van der Waals surface area (Å²) in [5.41, 5.74) is 2.37. The van der Waals surface area contributed by atoms with Gasteiger partial charge in [-0.25, -0.2) is 0 Å². The summed E-state index contributed by atoms with van der Waals surface area (Å²) >= 11 is 4.38. The van der Waals surface area contributed by atoms with Crippen LogP contribution in [-0.2, 0) is 6.54 Å². The van der Waals surface area contributed by atoms with E-state index >= 15 is 0 Å². The maximum atomic E-state index is 12.1. The number of ether oxygens (including phenoxy) is 1. The zero-order valence-electron chi connectivity index (χ0n) is 9.24. The van der Waals surface area contributed by atoms with E-state index in [1.165, 1.54) is 17.4 Å². The predicted molar refractivity (Wildman–Crippen MR) is 68.1 cm³/mol. The van der Waals surface area contributed by atoms with Gasteiger partial charge in [-0.1, -0.05) is 17.4 Å². The summed E-state index contributed by atoms with van der Waals surface area (Å²) in [6.07, 6.45) is -4.70. The van der Waals surface area contributed by atoms with Crippen molar-refractivity contribution in [1.82, 2.24) is 10.2 Å². The molecule has 1 aromatic carbocycles. The van der Waals surface area contributed by atoms with E-state index in [0.717, 1.165) is 5.56 Å². The average Bonchev–Trinajstić information content (AvgIpc) is 2.81. The standard InChI is InChI=1S/C10H7BrF3N3OS/c11-7-3-6(4-15-9-17-16-5-19-9)1-2-8(7)18-10(12,13)14/h1-3,5H,4H2,(H,15,17). The summed E-state index contributed by atoms with van der Waals surface area (Å²) < 4.78 is 40.3. The van der Waals surface area contributed by atoms with Gasteiger partial charge < -0.3 is 10.1 Å². The Morgan fingerprint density at radius 1 is 1.37 bits per heavy atom. The van der Waals surface area contributed by atoms with Crippen molar-refractivity contribution in [1.29, 1.82) is 0 Å². The Bertz CT molecular complexity index is 547. The average molecular weight is 354 g/mol. The number of aromatic nitrogens is 2. The Morgan fingerprint density at radius 2 is 2.16 bits per heavy atom. The maximum absolute atomic E-state index is 12.1. The highest BCUT2D eigenvalue weighted by Gasteiger charge is 2.31. The maximum Gasteiger partial charge on any atom is 0.573 e. The van der Waals surface area contributed by atoms with Crippen LogP contribution in [0.2, 0.25) is 0 Å². The molecule has 2 aromatic rings. The van der Waals surface area contributed by atoms with Crippen LogP contribution in [0.5, 0.6) is 5.75 Å². The van der Waals surface area contributed by atoms with Gasteiger partial charge in [-0.05, 0) is 33.6 Å². The normalized spacial score (nSPS) is 11.4. The van der Waals surface area contributed by atoms with Crippen LogP contribution in [0.4, 0.5) is 18.3 Å². The summed E-state index contributed by atoms with van der Waals surface area (Å²) in [5.74, 6) is -0.271. The minimum absolute atomic E-state index is 0.237. The largest absolute Gasteiger partial charge is 0.573 e. The van der Waals surface area contributed by atoms with E-state index in [-0.39, 0.29) is 10.2 Å². The number of nitrogens with zero attached hydrogens (tertiary/aromatic N) is 2. The van der Waals surface area contributed by atoms with E-state index in [1.807, 2.05) is 0 Å². The molecule has 0 aliphatic carbocycles. The van der Waals surface area contributed by atoms with Crippen LogP contribution in [0.3, 0.4) is 0 Å². The summed E-state index contributed by atoms with van der Waals surface area (Å²) in [4.78, 5) is 0. The molecule has 0 aliphatic heterocycles. The summed E-state index contributed by atoms with van der Waals surface area (Å²) in [5, 5.41) is 11.1. The van der Waals surface area contributed by atoms with Crippen LogP contribution in [0.25, 0.3) is 0 Å². The van der Waals surface area contributed by atoms with Gasteiger partial charge in [0.1, 0.15) is 11.3 Å². The van der Waals surface area contributed by atoms with Crippen LogP contribution >= 0.6 is 27.3 Å². The molecule has 0 spiro atoms. The third-order valence-electron chi connectivity index (χ3n) is 2.03. The Labute approximate surface area is 118 Å². The van der Waals surface area contributed by atoms with Gasteiger partial charge in [-0.2, -0.15) is 0 Å². The van der Waals surface area contributed by atoms with Crippen molar-refractivity contribution in [2.24, 2.45) is 0 Å². The van der Waals surface area contributed by atoms with Gasteiger partial charge in [-0.3, -0.25) is 0 Å². The van der Waals surface area contributed by atoms with Crippen LogP contribution < -0.4 is 10.1 Å². The number of hydrogen-bond donors (Lipinski definition) is 1. The third kappa shape index (κ3) is 4.35. The van der Waals surface area contributed by atoms with Crippen molar-refractivity contribution in [3.05, 3.63) is 33.7 Å². The number of alkyl halides is 3. The van der Waals surface area contributed by atoms with E-state index in [9.17, 15) is 13.2 Å². The Morgan fingerprint density at radius 3 is 2.74 bits per heavy atom. The lowest BCUT2D eigenvalue weighted by molar-refractivity contribution is -0.274. The fraction of sp³-hybridized carbons (Fsp3) is 0.200. The van der Waals surface area contributed by atoms with Crippen LogP contribution in [0.15, 0.2) is 28.2 Å². The molecule has 0 saturated carbocycles. The molecule has 0 radical (unpaired) electrons. The van der Waals surface area contributed by atoms with Crippen molar-refractivity contribution in [2.45, 2.75) is 12.9 Å². The zero-order chi connectivity index (χ0) is 13.9. The second-order valence-corrected chi connectivity index (χ2v) is 5.10. The van der Waals surface area contributed by atoms with Gasteiger partial charge in [-0.15, -0.1) is 23.4 Å². The minimum Gasteiger partial charge on any atom is -0.405 e. The van der Waals surface area contributed by atoms with E-state index in [0.29, 0.717) is 11.7 Å². The SMILES string of the molecule is FC(F)(F)Oc1ccc(CNc2nncs2)cc1Br. The minimum atomic E-state index is -4.70. The van der Waals surface area contributed by atoms with E-state index < -0.39 is 6.36 Å². The van der Waals surface area contributed by atoms with E-state index in [2.05, 4.69) is 36.2 Å². The summed E-state index contributed by atoms with van der Waals surface area (Å²) in [7, 11) is 0. The molecular weight excluding hydrogens is 347 g/mol. The number of halogens is 4. The van der Waals surface area contributed by atoms with Gasteiger partial charge in [0.25, 0.3) is 0 Å². The molecule has 1 aromatic heterocycles. The highest BCUT2D eigenvalue weighted by molar-refractivity contribution is 9.10. The van der Waals surface area contributed by atoms with Crippen molar-refractivity contribution in [2.75, 3.05) is 5.32 Å². The number of anilines is 1. The molecule has 0 aliphatic rings. The molecule has 19 heavy (non-hydrogen) atoms. The van der Waals surface area contributed by atoms with Crippen LogP contribution in [-0.4, -0.2) is 16.6 Å². The molecule has 9 heteroatoms. The lowest BCUT2D eigenvalue weighted by Crippen LogP contribution is -2.17. The van der Waals surface area contributed by atoms with E-state index in [4.69, 9.17) is 0 Å². The van der Waals surface area contributed by atoms with Gasteiger partial charge >= 0.3 is 6.36 Å². The molecule has 1 heterocycles. The van der Waals surface area contributed by atoms with Crippen molar-refractivity contribution < 1.29 is 17.9 Å². The molecule has 2 rings (SSSR count). The van der Waals surface area contributed by atoms with Gasteiger partial charge in [0.2, 0.25) is 5.13 Å². The number of benzene rings is 1. The monoisotopic (exact) mass is 353 g/mol. The fourth-order valence-corrected chi connectivity index (χ4v) is 2.24. The summed E-state index contributed by atoms with van der Waals surface area (Å²) in [6, 6.07) is 4.35. The molecule has 0 fully saturated rings. The van der Waals surface area contributed by atoms with Crippen molar-refractivity contribution >= 4 is 32.4 Å². The lowest BCUT2D eigenvalue weighted by Gasteiger charge is -2.11. The third-order valence-corrected chi connectivity index (χ3v) is 3.29. The molecule has 0 unspecified atom stereocenters. The fourth-order valence-electron chi connectivity index (χ4n) is 1.29. The first-order valence-electron chi connectivity index (χ1n) is 4.98. The highest BCUT2D eigenvalue weighted by atomic mass is 79.9. The first-order chi connectivity index (χ1) is 8.94. The van der Waals surface area contributed by atoms with Crippen LogP contribution in [0.1, 0.15) is 5.56 Å². The molecule has 0 atom stereocenters. The molecule has 0 amide bonds. The Hall–Kier alpha value is -1.35. The molecule has 4 nitrogen and oxygen atoms in total. The highest BCUT2D eigenvalue weighted by Crippen LogP contribution is 2.31. The topological polar surface area (TPSA) is 47.0 Å². The number of rotatable bonds is 4. The second kappa shape index (κ2) is 5.74. The van der Waals surface area contributed by atoms with Crippen molar-refractivity contribution in [3.8, 4) is 5.75 Å². The molecule has 102 valence electrons. The summed E-state index contributed by atoms with van der Waals surface area (Å²) in [6.45, 7) is 0.431. The van der Waals surface area contributed by atoms with Crippen LogP contribution in [0, 0.1) is 0 Å². The van der Waals surface area contributed by atoms with Gasteiger partial charge in [0, 0.05) is 6.54 Å². The first kappa shape index (κ1) is 14.1. The van der Waals surface area contributed by atoms with Gasteiger partial charge in [0.05, 0.1) is 4.47 Å². The number of hydrogen-bond acceptors (Lipinski definition) is 5. The number of nitrogens with one attached hydrogen (secondary N) is 1. The lowest BCUT2D eigenvalue weighted by atomic mass is 10.2. The molecular formula is C10H7BrF3N3OS. The first-order valence-corrected chi connectivity index (χ1v) is 6.65.